The van der Waals surface area contributed by atoms with E-state index in [1.807, 2.05) is 25.3 Å². The van der Waals surface area contributed by atoms with Crippen molar-refractivity contribution in [1.82, 2.24) is 24.5 Å². The predicted octanol–water partition coefficient (Wildman–Crippen LogP) is 1.80. The van der Waals surface area contributed by atoms with Gasteiger partial charge in [-0.3, -0.25) is 9.78 Å². The number of benzene rings is 1. The summed E-state index contributed by atoms with van der Waals surface area (Å²) in [5.74, 6) is 0.158. The summed E-state index contributed by atoms with van der Waals surface area (Å²) < 4.78 is 6.73. The van der Waals surface area contributed by atoms with Gasteiger partial charge in [-0.15, -0.1) is 5.10 Å². The van der Waals surface area contributed by atoms with Crippen molar-refractivity contribution < 1.29 is 9.21 Å². The van der Waals surface area contributed by atoms with Gasteiger partial charge in [0.15, 0.2) is 11.2 Å². The smallest absolute Gasteiger partial charge is 0.408 e. The van der Waals surface area contributed by atoms with Gasteiger partial charge in [0.05, 0.1) is 17.4 Å². The van der Waals surface area contributed by atoms with Gasteiger partial charge < -0.3 is 14.6 Å². The van der Waals surface area contributed by atoms with Crippen LogP contribution in [-0.2, 0) is 0 Å². The fourth-order valence-electron chi connectivity index (χ4n) is 3.62. The zero-order chi connectivity index (χ0) is 19.3. The first-order valence-corrected chi connectivity index (χ1v) is 9.07. The molecule has 1 fully saturated rings. The zero-order valence-corrected chi connectivity index (χ0v) is 15.2. The molecule has 28 heavy (non-hydrogen) atoms. The maximum absolute atomic E-state index is 12.8. The summed E-state index contributed by atoms with van der Waals surface area (Å²) in [4.78, 5) is 32.9. The highest BCUT2D eigenvalue weighted by atomic mass is 16.4. The third-order valence-electron chi connectivity index (χ3n) is 4.93. The fourth-order valence-corrected chi connectivity index (χ4v) is 3.62. The Kier molecular flexibility index (Phi) is 3.68. The fraction of sp³-hybridized carbons (Fsp3) is 0.263. The number of hydrogen-bond acceptors (Lipinski definition) is 6. The van der Waals surface area contributed by atoms with Crippen molar-refractivity contribution >= 4 is 28.5 Å². The lowest BCUT2D eigenvalue weighted by Gasteiger charge is -2.17. The highest BCUT2D eigenvalue weighted by Crippen LogP contribution is 2.19. The van der Waals surface area contributed by atoms with Crippen LogP contribution in [0.5, 0.6) is 0 Å². The Bertz CT molecular complexity index is 1250. The van der Waals surface area contributed by atoms with E-state index >= 15 is 0 Å². The third-order valence-corrected chi connectivity index (χ3v) is 4.93. The highest BCUT2D eigenvalue weighted by molar-refractivity contribution is 5.97. The number of nitrogens with one attached hydrogen (secondary N) is 2. The number of oxazole rings is 1. The molecule has 0 aliphatic carbocycles. The van der Waals surface area contributed by atoms with Crippen LogP contribution >= 0.6 is 0 Å². The van der Waals surface area contributed by atoms with Crippen molar-refractivity contribution in [3.05, 3.63) is 58.3 Å². The van der Waals surface area contributed by atoms with Gasteiger partial charge in [0, 0.05) is 24.7 Å². The molecule has 2 N–H and O–H groups in total. The number of carbonyl (C=O) groups excluding carboxylic acids is 1. The number of amides is 1. The number of imidazole rings is 1. The van der Waals surface area contributed by atoms with E-state index in [0.717, 1.165) is 23.6 Å². The van der Waals surface area contributed by atoms with E-state index < -0.39 is 5.76 Å². The summed E-state index contributed by atoms with van der Waals surface area (Å²) in [5, 5.41) is 7.91. The van der Waals surface area contributed by atoms with Crippen LogP contribution < -0.4 is 11.1 Å². The van der Waals surface area contributed by atoms with E-state index in [2.05, 4.69) is 20.4 Å². The van der Waals surface area contributed by atoms with E-state index in [1.165, 1.54) is 0 Å². The van der Waals surface area contributed by atoms with Gasteiger partial charge in [0.2, 0.25) is 0 Å². The lowest BCUT2D eigenvalue weighted by molar-refractivity contribution is 0.0791. The summed E-state index contributed by atoms with van der Waals surface area (Å²) in [6, 6.07) is 8.91. The van der Waals surface area contributed by atoms with E-state index in [1.54, 1.807) is 27.6 Å². The van der Waals surface area contributed by atoms with Crippen LogP contribution in [0.4, 0.5) is 5.82 Å². The van der Waals surface area contributed by atoms with Gasteiger partial charge >= 0.3 is 5.76 Å². The van der Waals surface area contributed by atoms with Gasteiger partial charge in [0.25, 0.3) is 5.91 Å². The van der Waals surface area contributed by atoms with Crippen LogP contribution in [0.15, 0.2) is 45.7 Å². The van der Waals surface area contributed by atoms with Crippen molar-refractivity contribution in [3.63, 3.8) is 0 Å². The van der Waals surface area contributed by atoms with Gasteiger partial charge in [-0.1, -0.05) is 0 Å². The van der Waals surface area contributed by atoms with Crippen LogP contribution in [0.1, 0.15) is 22.5 Å². The van der Waals surface area contributed by atoms with Crippen LogP contribution in [0.25, 0.3) is 16.7 Å². The number of rotatable bonds is 3. The first-order valence-electron chi connectivity index (χ1n) is 9.07. The molecule has 142 valence electrons. The molecule has 1 atom stereocenters. The second-order valence-electron chi connectivity index (χ2n) is 7.01. The number of aromatic amines is 1. The standard InChI is InChI=1S/C19H18N6O3/c1-11-9-25-17(20-11)5-4-16(23-25)21-13-6-7-24(10-13)18(26)12-2-3-15-14(8-12)22-19(27)28-15/h2-5,8-9,13H,6-7,10H2,1H3,(H,21,23)(H,22,27). The topological polar surface area (TPSA) is 109 Å². The molecule has 0 radical (unpaired) electrons. The second-order valence-corrected chi connectivity index (χ2v) is 7.01. The molecule has 1 aromatic carbocycles. The maximum atomic E-state index is 12.8. The number of nitrogens with zero attached hydrogens (tertiary/aromatic N) is 4. The summed E-state index contributed by atoms with van der Waals surface area (Å²) in [5.41, 5.74) is 3.22. The number of aromatic nitrogens is 4. The predicted molar refractivity (Wildman–Crippen MR) is 102 cm³/mol. The zero-order valence-electron chi connectivity index (χ0n) is 15.2. The number of aryl methyl sites for hydroxylation is 1. The molecule has 1 unspecified atom stereocenters. The Balaban J connectivity index is 1.29. The molecular weight excluding hydrogens is 360 g/mol. The third kappa shape index (κ3) is 2.90. The lowest BCUT2D eigenvalue weighted by atomic mass is 10.2. The molecule has 5 rings (SSSR count). The summed E-state index contributed by atoms with van der Waals surface area (Å²) in [7, 11) is 0. The Labute approximate surface area is 159 Å². The average Bonchev–Trinajstić information content (AvgIpc) is 3.36. The van der Waals surface area contributed by atoms with E-state index in [4.69, 9.17) is 4.42 Å². The molecule has 1 amide bonds. The molecule has 9 heteroatoms. The van der Waals surface area contributed by atoms with Crippen LogP contribution in [0, 0.1) is 6.92 Å². The number of likely N-dealkylation sites (tertiary alicyclic amines) is 1. The molecular formula is C19H18N6O3. The average molecular weight is 378 g/mol. The molecule has 3 aromatic heterocycles. The first-order chi connectivity index (χ1) is 13.5. The molecule has 0 bridgehead atoms. The lowest BCUT2D eigenvalue weighted by Crippen LogP contribution is -2.31. The summed E-state index contributed by atoms with van der Waals surface area (Å²) in [6.45, 7) is 3.17. The number of hydrogen-bond donors (Lipinski definition) is 2. The summed E-state index contributed by atoms with van der Waals surface area (Å²) in [6.07, 6.45) is 2.71. The molecule has 4 heterocycles. The molecule has 0 saturated carbocycles. The summed E-state index contributed by atoms with van der Waals surface area (Å²) >= 11 is 0. The minimum absolute atomic E-state index is 0.0677. The molecule has 4 aromatic rings. The minimum atomic E-state index is -0.525. The molecule has 1 aliphatic heterocycles. The second kappa shape index (κ2) is 6.22. The molecule has 9 nitrogen and oxygen atoms in total. The Morgan fingerprint density at radius 1 is 1.32 bits per heavy atom. The molecule has 1 saturated heterocycles. The van der Waals surface area contributed by atoms with Crippen molar-refractivity contribution in [1.29, 1.82) is 0 Å². The number of carbonyl (C=O) groups is 1. The van der Waals surface area contributed by atoms with Crippen LogP contribution in [0.2, 0.25) is 0 Å². The molecule has 0 spiro atoms. The largest absolute Gasteiger partial charge is 0.417 e. The van der Waals surface area contributed by atoms with Gasteiger partial charge in [0.1, 0.15) is 5.82 Å². The first kappa shape index (κ1) is 16.5. The van der Waals surface area contributed by atoms with Gasteiger partial charge in [-0.05, 0) is 43.7 Å². The Morgan fingerprint density at radius 3 is 3.11 bits per heavy atom. The van der Waals surface area contributed by atoms with Gasteiger partial charge in [-0.2, -0.15) is 0 Å². The Hall–Kier alpha value is -3.62. The van der Waals surface area contributed by atoms with Gasteiger partial charge in [-0.25, -0.2) is 14.3 Å². The SMILES string of the molecule is Cc1cn2nc(NC3CCN(C(=O)c4ccc5oc(=O)[nH]c5c4)C3)ccc2n1. The van der Waals surface area contributed by atoms with E-state index in [0.29, 0.717) is 29.8 Å². The normalized spacial score (nSPS) is 16.9. The maximum Gasteiger partial charge on any atom is 0.417 e. The molecule has 1 aliphatic rings. The van der Waals surface area contributed by atoms with Crippen molar-refractivity contribution in [2.75, 3.05) is 18.4 Å². The Morgan fingerprint density at radius 2 is 2.21 bits per heavy atom. The minimum Gasteiger partial charge on any atom is -0.408 e. The quantitative estimate of drug-likeness (QED) is 0.563. The van der Waals surface area contributed by atoms with Crippen molar-refractivity contribution in [3.8, 4) is 0 Å². The van der Waals surface area contributed by atoms with E-state index in [9.17, 15) is 9.59 Å². The number of fused-ring (bicyclic) bond motifs is 2. The van der Waals surface area contributed by atoms with Crippen molar-refractivity contribution in [2.45, 2.75) is 19.4 Å². The van der Waals surface area contributed by atoms with Crippen LogP contribution in [-0.4, -0.2) is 49.5 Å². The number of H-pyrrole nitrogens is 1. The highest BCUT2D eigenvalue weighted by Gasteiger charge is 2.27. The number of anilines is 1. The van der Waals surface area contributed by atoms with Crippen LogP contribution in [0.3, 0.4) is 0 Å². The monoisotopic (exact) mass is 378 g/mol. The van der Waals surface area contributed by atoms with E-state index in [-0.39, 0.29) is 11.9 Å². The van der Waals surface area contributed by atoms with Crippen molar-refractivity contribution in [2.24, 2.45) is 0 Å².